The van der Waals surface area contributed by atoms with E-state index in [-0.39, 0.29) is 0 Å². The van der Waals surface area contributed by atoms with E-state index >= 15 is 0 Å². The zero-order valence-electron chi connectivity index (χ0n) is 12.2. The summed E-state index contributed by atoms with van der Waals surface area (Å²) in [6, 6.07) is 1.30. The van der Waals surface area contributed by atoms with Gasteiger partial charge in [-0.2, -0.15) is 0 Å². The van der Waals surface area contributed by atoms with E-state index in [9.17, 15) is 0 Å². The predicted octanol–water partition coefficient (Wildman–Crippen LogP) is 0.637. The van der Waals surface area contributed by atoms with Gasteiger partial charge in [0.25, 0.3) is 0 Å². The molecule has 2 aliphatic heterocycles. The van der Waals surface area contributed by atoms with Crippen LogP contribution in [0.3, 0.4) is 0 Å². The quantitative estimate of drug-likeness (QED) is 0.798. The van der Waals surface area contributed by atoms with E-state index in [0.29, 0.717) is 12.1 Å². The molecule has 4 heteroatoms. The van der Waals surface area contributed by atoms with Crippen LogP contribution in [-0.2, 0) is 4.74 Å². The third kappa shape index (κ3) is 3.44. The summed E-state index contributed by atoms with van der Waals surface area (Å²) in [5, 5.41) is 3.44. The van der Waals surface area contributed by atoms with E-state index in [0.717, 1.165) is 32.2 Å². The van der Waals surface area contributed by atoms with Crippen molar-refractivity contribution in [3.8, 4) is 0 Å². The molecule has 0 aliphatic carbocycles. The van der Waals surface area contributed by atoms with Gasteiger partial charge in [-0.3, -0.25) is 4.90 Å². The fourth-order valence-electron chi connectivity index (χ4n) is 3.61. The lowest BCUT2D eigenvalue weighted by Gasteiger charge is -2.44. The number of rotatable bonds is 4. The van der Waals surface area contributed by atoms with Gasteiger partial charge < -0.3 is 15.0 Å². The Hall–Kier alpha value is -0.160. The zero-order chi connectivity index (χ0) is 13.0. The third-order valence-electron chi connectivity index (χ3n) is 4.57. The average molecular weight is 255 g/mol. The van der Waals surface area contributed by atoms with Crippen molar-refractivity contribution in [2.45, 2.75) is 31.8 Å². The maximum Gasteiger partial charge on any atom is 0.0469 e. The van der Waals surface area contributed by atoms with E-state index in [1.807, 2.05) is 0 Å². The van der Waals surface area contributed by atoms with Crippen LogP contribution >= 0.6 is 0 Å². The molecule has 2 saturated heterocycles. The fourth-order valence-corrected chi connectivity index (χ4v) is 3.61. The first-order valence-corrected chi connectivity index (χ1v) is 7.39. The van der Waals surface area contributed by atoms with Crippen molar-refractivity contribution < 1.29 is 4.74 Å². The smallest absolute Gasteiger partial charge is 0.0469 e. The molecule has 0 aromatic rings. The first-order chi connectivity index (χ1) is 8.70. The van der Waals surface area contributed by atoms with E-state index < -0.39 is 0 Å². The van der Waals surface area contributed by atoms with Gasteiger partial charge in [-0.1, -0.05) is 0 Å². The van der Waals surface area contributed by atoms with Crippen LogP contribution in [0, 0.1) is 5.92 Å². The van der Waals surface area contributed by atoms with Crippen LogP contribution in [0.25, 0.3) is 0 Å². The lowest BCUT2D eigenvalue weighted by molar-refractivity contribution is 0.00613. The van der Waals surface area contributed by atoms with Gasteiger partial charge in [-0.05, 0) is 39.8 Å². The molecule has 4 nitrogen and oxygen atoms in total. The summed E-state index contributed by atoms with van der Waals surface area (Å²) >= 11 is 0. The highest BCUT2D eigenvalue weighted by atomic mass is 16.5. The Morgan fingerprint density at radius 2 is 1.78 bits per heavy atom. The molecule has 2 aliphatic rings. The van der Waals surface area contributed by atoms with E-state index in [2.05, 4.69) is 36.1 Å². The van der Waals surface area contributed by atoms with Gasteiger partial charge in [0.1, 0.15) is 0 Å². The van der Waals surface area contributed by atoms with Crippen molar-refractivity contribution in [2.24, 2.45) is 5.92 Å². The molecule has 0 radical (unpaired) electrons. The molecule has 2 atom stereocenters. The van der Waals surface area contributed by atoms with E-state index in [1.165, 1.54) is 25.9 Å². The van der Waals surface area contributed by atoms with Gasteiger partial charge in [0.15, 0.2) is 0 Å². The molecule has 0 bridgehead atoms. The van der Waals surface area contributed by atoms with Crippen molar-refractivity contribution in [1.82, 2.24) is 15.1 Å². The number of nitrogens with one attached hydrogen (secondary N) is 1. The molecule has 18 heavy (non-hydrogen) atoms. The van der Waals surface area contributed by atoms with Crippen molar-refractivity contribution in [2.75, 3.05) is 53.5 Å². The summed E-state index contributed by atoms with van der Waals surface area (Å²) in [6.07, 6.45) is 2.44. The second kappa shape index (κ2) is 6.85. The Balaban J connectivity index is 1.98. The molecule has 0 amide bonds. The van der Waals surface area contributed by atoms with Crippen LogP contribution in [-0.4, -0.2) is 75.4 Å². The van der Waals surface area contributed by atoms with Crippen molar-refractivity contribution in [3.05, 3.63) is 0 Å². The van der Waals surface area contributed by atoms with Gasteiger partial charge >= 0.3 is 0 Å². The molecule has 0 saturated carbocycles. The molecular formula is C14H29N3O. The highest BCUT2D eigenvalue weighted by molar-refractivity contribution is 4.89. The van der Waals surface area contributed by atoms with Crippen LogP contribution in [0.1, 0.15) is 19.8 Å². The largest absolute Gasteiger partial charge is 0.381 e. The van der Waals surface area contributed by atoms with Gasteiger partial charge in [0, 0.05) is 51.5 Å². The Labute approximate surface area is 112 Å². The summed E-state index contributed by atoms with van der Waals surface area (Å²) in [5.74, 6) is 0.790. The summed E-state index contributed by atoms with van der Waals surface area (Å²) in [4.78, 5) is 5.08. The summed E-state index contributed by atoms with van der Waals surface area (Å²) in [5.41, 5.74) is 0. The first kappa shape index (κ1) is 14.3. The second-order valence-electron chi connectivity index (χ2n) is 5.93. The van der Waals surface area contributed by atoms with E-state index in [1.54, 1.807) is 0 Å². The zero-order valence-corrected chi connectivity index (χ0v) is 12.2. The number of hydrogen-bond donors (Lipinski definition) is 1. The van der Waals surface area contributed by atoms with Crippen molar-refractivity contribution in [3.63, 3.8) is 0 Å². The SMILES string of the molecule is CC(C(C1CCOCC1)N(C)C)N1CCNCC1. The van der Waals surface area contributed by atoms with Crippen LogP contribution < -0.4 is 5.32 Å². The van der Waals surface area contributed by atoms with Gasteiger partial charge in [0.05, 0.1) is 0 Å². The number of nitrogens with zero attached hydrogens (tertiary/aromatic N) is 2. The molecule has 0 spiro atoms. The highest BCUT2D eigenvalue weighted by Crippen LogP contribution is 2.26. The Bertz CT molecular complexity index is 235. The minimum atomic E-state index is 0.644. The van der Waals surface area contributed by atoms with Gasteiger partial charge in [-0.15, -0.1) is 0 Å². The molecule has 2 unspecified atom stereocenters. The second-order valence-corrected chi connectivity index (χ2v) is 5.93. The lowest BCUT2D eigenvalue weighted by Crippen LogP contribution is -2.56. The minimum absolute atomic E-state index is 0.644. The highest BCUT2D eigenvalue weighted by Gasteiger charge is 2.33. The minimum Gasteiger partial charge on any atom is -0.381 e. The molecule has 2 fully saturated rings. The molecule has 1 N–H and O–H groups in total. The maximum atomic E-state index is 5.51. The van der Waals surface area contributed by atoms with Gasteiger partial charge in [-0.25, -0.2) is 0 Å². The predicted molar refractivity (Wildman–Crippen MR) is 74.9 cm³/mol. The molecular weight excluding hydrogens is 226 g/mol. The maximum absolute atomic E-state index is 5.51. The topological polar surface area (TPSA) is 27.7 Å². The molecule has 0 aromatic carbocycles. The molecule has 2 heterocycles. The third-order valence-corrected chi connectivity index (χ3v) is 4.57. The Kier molecular flexibility index (Phi) is 5.42. The van der Waals surface area contributed by atoms with Crippen molar-refractivity contribution in [1.29, 1.82) is 0 Å². The summed E-state index contributed by atoms with van der Waals surface area (Å²) in [6.45, 7) is 8.96. The molecule has 106 valence electrons. The molecule has 2 rings (SSSR count). The summed E-state index contributed by atoms with van der Waals surface area (Å²) in [7, 11) is 4.47. The normalized spacial score (nSPS) is 27.3. The molecule has 0 aromatic heterocycles. The number of likely N-dealkylation sites (N-methyl/N-ethyl adjacent to an activating group) is 1. The summed E-state index contributed by atoms with van der Waals surface area (Å²) < 4.78 is 5.51. The van der Waals surface area contributed by atoms with Crippen LogP contribution in [0.15, 0.2) is 0 Å². The van der Waals surface area contributed by atoms with Crippen LogP contribution in [0.5, 0.6) is 0 Å². The number of piperazine rings is 1. The van der Waals surface area contributed by atoms with Gasteiger partial charge in [0.2, 0.25) is 0 Å². The van der Waals surface area contributed by atoms with Crippen molar-refractivity contribution >= 4 is 0 Å². The fraction of sp³-hybridized carbons (Fsp3) is 1.00. The monoisotopic (exact) mass is 255 g/mol. The Morgan fingerprint density at radius 3 is 2.33 bits per heavy atom. The standard InChI is InChI=1S/C14H29N3O/c1-12(17-8-6-15-7-9-17)14(16(2)3)13-4-10-18-11-5-13/h12-15H,4-11H2,1-3H3. The lowest BCUT2D eigenvalue weighted by atomic mass is 9.86. The van der Waals surface area contributed by atoms with E-state index in [4.69, 9.17) is 4.74 Å². The first-order valence-electron chi connectivity index (χ1n) is 7.39. The van der Waals surface area contributed by atoms with Crippen LogP contribution in [0.2, 0.25) is 0 Å². The number of ether oxygens (including phenoxy) is 1. The average Bonchev–Trinajstić information content (AvgIpc) is 2.40. The van der Waals surface area contributed by atoms with Crippen LogP contribution in [0.4, 0.5) is 0 Å². The Morgan fingerprint density at radius 1 is 1.17 bits per heavy atom. The number of hydrogen-bond acceptors (Lipinski definition) is 4.